The summed E-state index contributed by atoms with van der Waals surface area (Å²) in [6.45, 7) is 2.77. The van der Waals surface area contributed by atoms with E-state index in [1.165, 1.54) is 17.7 Å². The summed E-state index contributed by atoms with van der Waals surface area (Å²) in [5.41, 5.74) is 1.02. The van der Waals surface area contributed by atoms with E-state index in [0.717, 1.165) is 23.6 Å². The van der Waals surface area contributed by atoms with E-state index in [1.807, 2.05) is 18.2 Å². The summed E-state index contributed by atoms with van der Waals surface area (Å²) in [4.78, 5) is 3.77. The second-order valence-corrected chi connectivity index (χ2v) is 7.50. The second kappa shape index (κ2) is 7.74. The molecule has 5 nitrogen and oxygen atoms in total. The smallest absolute Gasteiger partial charge is 0.231 e. The van der Waals surface area contributed by atoms with Crippen molar-refractivity contribution in [3.63, 3.8) is 0 Å². The SMILES string of the molecule is O[C@@H](COCc1ccc2c(c1)OCO2)CN1CCC[C@H]1c1cccs1. The molecule has 1 aromatic carbocycles. The van der Waals surface area contributed by atoms with Gasteiger partial charge in [-0.05, 0) is 48.5 Å². The molecular weight excluding hydrogens is 338 g/mol. The summed E-state index contributed by atoms with van der Waals surface area (Å²) in [5, 5.41) is 12.5. The van der Waals surface area contributed by atoms with Gasteiger partial charge in [0.2, 0.25) is 6.79 Å². The number of aliphatic hydroxyl groups is 1. The molecule has 1 saturated heterocycles. The van der Waals surface area contributed by atoms with Crippen LogP contribution in [0.2, 0.25) is 0 Å². The number of likely N-dealkylation sites (tertiary alicyclic amines) is 1. The van der Waals surface area contributed by atoms with E-state index in [-0.39, 0.29) is 6.79 Å². The van der Waals surface area contributed by atoms with Gasteiger partial charge in [0.1, 0.15) is 0 Å². The first-order valence-electron chi connectivity index (χ1n) is 8.71. The molecule has 0 spiro atoms. The van der Waals surface area contributed by atoms with Crippen molar-refractivity contribution in [2.45, 2.75) is 31.6 Å². The normalized spacial score (nSPS) is 20.9. The predicted molar refractivity (Wildman–Crippen MR) is 96.1 cm³/mol. The van der Waals surface area contributed by atoms with Crippen LogP contribution in [0.4, 0.5) is 0 Å². The van der Waals surface area contributed by atoms with Crippen LogP contribution in [0, 0.1) is 0 Å². The van der Waals surface area contributed by atoms with E-state index in [4.69, 9.17) is 14.2 Å². The van der Waals surface area contributed by atoms with Gasteiger partial charge in [0, 0.05) is 17.5 Å². The van der Waals surface area contributed by atoms with Crippen LogP contribution in [-0.4, -0.2) is 42.6 Å². The Labute approximate surface area is 151 Å². The van der Waals surface area contributed by atoms with Crippen LogP contribution in [0.5, 0.6) is 11.5 Å². The van der Waals surface area contributed by atoms with E-state index < -0.39 is 6.10 Å². The van der Waals surface area contributed by atoms with Gasteiger partial charge in [-0.25, -0.2) is 0 Å². The fourth-order valence-electron chi connectivity index (χ4n) is 3.51. The third kappa shape index (κ3) is 3.98. The highest BCUT2D eigenvalue weighted by Crippen LogP contribution is 2.34. The van der Waals surface area contributed by atoms with Crippen molar-refractivity contribution in [2.75, 3.05) is 26.5 Å². The van der Waals surface area contributed by atoms with Gasteiger partial charge in [-0.15, -0.1) is 11.3 Å². The number of fused-ring (bicyclic) bond motifs is 1. The Balaban J connectivity index is 1.24. The molecule has 0 bridgehead atoms. The Morgan fingerprint density at radius 2 is 2.20 bits per heavy atom. The van der Waals surface area contributed by atoms with Crippen molar-refractivity contribution in [1.82, 2.24) is 4.90 Å². The van der Waals surface area contributed by atoms with Gasteiger partial charge in [-0.2, -0.15) is 0 Å². The molecule has 3 heterocycles. The van der Waals surface area contributed by atoms with Gasteiger partial charge in [0.25, 0.3) is 0 Å². The number of nitrogens with zero attached hydrogens (tertiary/aromatic N) is 1. The van der Waals surface area contributed by atoms with E-state index in [2.05, 4.69) is 22.4 Å². The number of hydrogen-bond acceptors (Lipinski definition) is 6. The van der Waals surface area contributed by atoms with E-state index in [9.17, 15) is 5.11 Å². The van der Waals surface area contributed by atoms with Crippen LogP contribution in [0.15, 0.2) is 35.7 Å². The zero-order valence-corrected chi connectivity index (χ0v) is 14.9. The third-order valence-electron chi connectivity index (χ3n) is 4.70. The Morgan fingerprint density at radius 1 is 1.28 bits per heavy atom. The highest BCUT2D eigenvalue weighted by atomic mass is 32.1. The maximum absolute atomic E-state index is 10.3. The van der Waals surface area contributed by atoms with Crippen molar-refractivity contribution < 1.29 is 19.3 Å². The van der Waals surface area contributed by atoms with Crippen molar-refractivity contribution in [1.29, 1.82) is 0 Å². The average molecular weight is 361 g/mol. The Kier molecular flexibility index (Phi) is 5.22. The maximum atomic E-state index is 10.3. The number of aliphatic hydroxyl groups excluding tert-OH is 1. The molecule has 1 N–H and O–H groups in total. The first-order valence-corrected chi connectivity index (χ1v) is 9.59. The van der Waals surface area contributed by atoms with E-state index in [1.54, 1.807) is 11.3 Å². The Morgan fingerprint density at radius 3 is 3.08 bits per heavy atom. The molecule has 0 saturated carbocycles. The fraction of sp³-hybridized carbons (Fsp3) is 0.474. The molecular formula is C19H23NO4S. The lowest BCUT2D eigenvalue weighted by Crippen LogP contribution is -2.34. The molecule has 2 aromatic rings. The zero-order valence-electron chi connectivity index (χ0n) is 14.1. The van der Waals surface area contributed by atoms with Gasteiger partial charge in [-0.3, -0.25) is 4.90 Å². The summed E-state index contributed by atoms with van der Waals surface area (Å²) < 4.78 is 16.4. The minimum atomic E-state index is -0.477. The molecule has 25 heavy (non-hydrogen) atoms. The first kappa shape index (κ1) is 16.8. The fourth-order valence-corrected chi connectivity index (χ4v) is 4.41. The van der Waals surface area contributed by atoms with E-state index in [0.29, 0.717) is 25.8 Å². The summed E-state index contributed by atoms with van der Waals surface area (Å²) in [5.74, 6) is 1.54. The standard InChI is InChI=1S/C19H23NO4S/c21-15(10-20-7-1-3-16(20)19-4-2-8-25-19)12-22-11-14-5-6-17-18(9-14)24-13-23-17/h2,4-6,8-9,15-16,21H,1,3,7,10-13H2/t15-,16+/m1/s1. The van der Waals surface area contributed by atoms with Crippen molar-refractivity contribution in [2.24, 2.45) is 0 Å². The number of rotatable bonds is 7. The summed E-state index contributed by atoms with van der Waals surface area (Å²) in [6, 6.07) is 10.5. The highest BCUT2D eigenvalue weighted by molar-refractivity contribution is 7.10. The molecule has 2 aliphatic heterocycles. The molecule has 1 aromatic heterocycles. The number of hydrogen-bond donors (Lipinski definition) is 1. The molecule has 0 radical (unpaired) electrons. The molecule has 2 atom stereocenters. The Bertz CT molecular complexity index is 691. The largest absolute Gasteiger partial charge is 0.454 e. The van der Waals surface area contributed by atoms with Gasteiger partial charge in [0.15, 0.2) is 11.5 Å². The molecule has 1 fully saturated rings. The highest BCUT2D eigenvalue weighted by Gasteiger charge is 2.28. The minimum absolute atomic E-state index is 0.277. The van der Waals surface area contributed by atoms with Crippen LogP contribution in [0.25, 0.3) is 0 Å². The summed E-state index contributed by atoms with van der Waals surface area (Å²) in [6.07, 6.45) is 1.88. The lowest BCUT2D eigenvalue weighted by atomic mass is 10.2. The van der Waals surface area contributed by atoms with Crippen molar-refractivity contribution in [3.05, 3.63) is 46.2 Å². The monoisotopic (exact) mass is 361 g/mol. The number of thiophene rings is 1. The molecule has 2 aliphatic rings. The minimum Gasteiger partial charge on any atom is -0.454 e. The maximum Gasteiger partial charge on any atom is 0.231 e. The molecule has 0 amide bonds. The van der Waals surface area contributed by atoms with Crippen molar-refractivity contribution >= 4 is 11.3 Å². The average Bonchev–Trinajstić information content (AvgIpc) is 3.35. The van der Waals surface area contributed by atoms with Crippen LogP contribution >= 0.6 is 11.3 Å². The molecule has 4 rings (SSSR count). The summed E-state index contributed by atoms with van der Waals surface area (Å²) >= 11 is 1.80. The molecule has 0 unspecified atom stereocenters. The topological polar surface area (TPSA) is 51.2 Å². The second-order valence-electron chi connectivity index (χ2n) is 6.52. The molecule has 6 heteroatoms. The van der Waals surface area contributed by atoms with Gasteiger partial charge < -0.3 is 19.3 Å². The summed E-state index contributed by atoms with van der Waals surface area (Å²) in [7, 11) is 0. The number of β-amino-alcohol motifs (C(OH)–C–C–N with tert-alkyl or cyclic N) is 1. The van der Waals surface area contributed by atoms with Gasteiger partial charge in [-0.1, -0.05) is 12.1 Å². The zero-order chi connectivity index (χ0) is 17.1. The lowest BCUT2D eigenvalue weighted by molar-refractivity contribution is 0.00789. The van der Waals surface area contributed by atoms with Crippen LogP contribution < -0.4 is 9.47 Å². The van der Waals surface area contributed by atoms with Crippen LogP contribution in [-0.2, 0) is 11.3 Å². The predicted octanol–water partition coefficient (Wildman–Crippen LogP) is 3.19. The van der Waals surface area contributed by atoms with Crippen LogP contribution in [0.1, 0.15) is 29.3 Å². The first-order chi connectivity index (χ1) is 12.3. The van der Waals surface area contributed by atoms with Crippen LogP contribution in [0.3, 0.4) is 0 Å². The molecule has 0 aliphatic carbocycles. The van der Waals surface area contributed by atoms with Gasteiger partial charge in [0.05, 0.1) is 19.3 Å². The lowest BCUT2D eigenvalue weighted by Gasteiger charge is -2.26. The number of ether oxygens (including phenoxy) is 3. The molecule has 134 valence electrons. The van der Waals surface area contributed by atoms with Gasteiger partial charge >= 0.3 is 0 Å². The van der Waals surface area contributed by atoms with Crippen molar-refractivity contribution in [3.8, 4) is 11.5 Å². The third-order valence-corrected chi connectivity index (χ3v) is 5.67. The Hall–Kier alpha value is -1.60. The number of benzene rings is 1. The van der Waals surface area contributed by atoms with E-state index >= 15 is 0 Å². The quantitative estimate of drug-likeness (QED) is 0.821.